The summed E-state index contributed by atoms with van der Waals surface area (Å²) in [6, 6.07) is 13.3. The largest absolute Gasteiger partial charge is 0.456 e. The molecule has 0 saturated heterocycles. The molecule has 0 N–H and O–H groups in total. The van der Waals surface area contributed by atoms with Gasteiger partial charge in [-0.05, 0) is 65.6 Å². The molecule has 12 aromatic rings. The van der Waals surface area contributed by atoms with Crippen LogP contribution in [0.5, 0.6) is 0 Å². The van der Waals surface area contributed by atoms with E-state index in [4.69, 9.17) is 37.2 Å². The van der Waals surface area contributed by atoms with Crippen molar-refractivity contribution in [3.05, 3.63) is 188 Å². The van der Waals surface area contributed by atoms with Crippen molar-refractivity contribution in [2.24, 2.45) is 0 Å². The van der Waals surface area contributed by atoms with E-state index in [2.05, 4.69) is 0 Å². The summed E-state index contributed by atoms with van der Waals surface area (Å²) in [4.78, 5) is 15.0. The predicted molar refractivity (Wildman–Crippen MR) is 232 cm³/mol. The molecule has 266 valence electrons. The van der Waals surface area contributed by atoms with E-state index in [-0.39, 0.29) is 44.8 Å². The molecule has 0 bridgehead atoms. The van der Waals surface area contributed by atoms with Crippen LogP contribution in [-0.4, -0.2) is 24.1 Å². The molecule has 6 nitrogen and oxygen atoms in total. The Kier molecular flexibility index (Phi) is 4.15. The van der Waals surface area contributed by atoms with Crippen molar-refractivity contribution in [1.82, 2.24) is 24.1 Å². The molecule has 0 amide bonds. The lowest BCUT2D eigenvalue weighted by molar-refractivity contribution is 0.669. The van der Waals surface area contributed by atoms with Crippen LogP contribution in [0.15, 0.2) is 192 Å². The fourth-order valence-corrected chi connectivity index (χ4v) is 7.69. The van der Waals surface area contributed by atoms with Crippen molar-refractivity contribution in [1.29, 1.82) is 0 Å². The van der Waals surface area contributed by atoms with Gasteiger partial charge in [0.25, 0.3) is 0 Å². The summed E-state index contributed by atoms with van der Waals surface area (Å²) in [7, 11) is 0. The van der Waals surface area contributed by atoms with E-state index >= 15 is 0 Å². The zero-order chi connectivity index (χ0) is 52.2. The minimum Gasteiger partial charge on any atom is -0.456 e. The molecular formula is C51H31N5O. The van der Waals surface area contributed by atoms with Crippen molar-refractivity contribution in [2.75, 3.05) is 0 Å². The first-order valence-corrected chi connectivity index (χ1v) is 17.7. The van der Waals surface area contributed by atoms with E-state index in [0.717, 1.165) is 15.3 Å². The van der Waals surface area contributed by atoms with E-state index in [1.54, 1.807) is 47.0 Å². The second-order valence-electron chi connectivity index (χ2n) is 13.2. The lowest BCUT2D eigenvalue weighted by atomic mass is 9.97. The number of hydrogen-bond donors (Lipinski definition) is 0. The maximum atomic E-state index is 9.66. The van der Waals surface area contributed by atoms with Gasteiger partial charge in [0, 0.05) is 43.4 Å². The van der Waals surface area contributed by atoms with E-state index < -0.39 is 131 Å². The lowest BCUT2D eigenvalue weighted by Crippen LogP contribution is -2.08. The minimum absolute atomic E-state index is 0.0964. The van der Waals surface area contributed by atoms with Gasteiger partial charge < -0.3 is 8.98 Å². The third-order valence-corrected chi connectivity index (χ3v) is 10.1. The Morgan fingerprint density at radius 1 is 0.421 bits per heavy atom. The minimum atomic E-state index is -0.805. The predicted octanol–water partition coefficient (Wildman–Crippen LogP) is 13.0. The molecular weight excluding hydrogens is 699 g/mol. The summed E-state index contributed by atoms with van der Waals surface area (Å²) in [6.45, 7) is 0. The molecule has 4 aromatic heterocycles. The zero-order valence-corrected chi connectivity index (χ0v) is 29.2. The van der Waals surface area contributed by atoms with Crippen LogP contribution >= 0.6 is 0 Å². The van der Waals surface area contributed by atoms with Gasteiger partial charge in [-0.1, -0.05) is 133 Å². The first-order valence-electron chi connectivity index (χ1n) is 26.2. The topological polar surface area (TPSA) is 61.7 Å². The molecule has 4 heterocycles. The fourth-order valence-electron chi connectivity index (χ4n) is 7.69. The highest BCUT2D eigenvalue weighted by Gasteiger charge is 2.22. The molecule has 0 fully saturated rings. The molecule has 57 heavy (non-hydrogen) atoms. The molecule has 8 aromatic carbocycles. The number of benzene rings is 8. The van der Waals surface area contributed by atoms with Crippen LogP contribution in [0.1, 0.15) is 23.3 Å². The number of fused-ring (bicyclic) bond motifs is 9. The second-order valence-corrected chi connectivity index (χ2v) is 13.2. The van der Waals surface area contributed by atoms with Gasteiger partial charge in [-0.15, -0.1) is 0 Å². The van der Waals surface area contributed by atoms with Crippen LogP contribution in [0.25, 0.3) is 111 Å². The smallest absolute Gasteiger partial charge is 0.238 e. The van der Waals surface area contributed by atoms with E-state index in [0.29, 0.717) is 27.4 Å². The summed E-state index contributed by atoms with van der Waals surface area (Å²) in [6.07, 6.45) is 0. The third-order valence-electron chi connectivity index (χ3n) is 10.1. The Bertz CT molecular complexity index is 4390. The molecule has 0 unspecified atom stereocenters. The fraction of sp³-hybridized carbons (Fsp3) is 0. The molecule has 0 aliphatic carbocycles. The summed E-state index contributed by atoms with van der Waals surface area (Å²) in [5.74, 6) is -0.701. The molecule has 0 aliphatic heterocycles. The normalized spacial score (nSPS) is 16.0. The number of rotatable bonds is 5. The molecule has 0 aliphatic rings. The van der Waals surface area contributed by atoms with Gasteiger partial charge in [0.1, 0.15) is 11.2 Å². The third kappa shape index (κ3) is 4.81. The first kappa shape index (κ1) is 19.2. The Morgan fingerprint density at radius 3 is 1.75 bits per heavy atom. The Balaban J connectivity index is 1.28. The van der Waals surface area contributed by atoms with Crippen molar-refractivity contribution >= 4 is 65.6 Å². The van der Waals surface area contributed by atoms with Crippen LogP contribution in [-0.2, 0) is 0 Å². The quantitative estimate of drug-likeness (QED) is 0.176. The molecule has 12 rings (SSSR count). The standard InChI is InChI=1S/C51H31N5O/c1-2-16-32(17-3-1)40-30-33(31-47-48(40)39-23-9-15-29-46(39)57-47)49-52-50(54-51(53-49)56-43-26-12-6-20-36(43)37-21-7-13-27-44(37)56)38-22-8-14-28-45(38)55-41-24-10-4-18-34(41)35-19-5-11-25-42(35)55/h1-31H/i1D,2D,3D,4D,5D,8D,10D,11D,14D,16D,17D,18D,19D,22D,24D,25D,28D. The maximum absolute atomic E-state index is 9.66. The zero-order valence-electron chi connectivity index (χ0n) is 46.2. The van der Waals surface area contributed by atoms with Gasteiger partial charge >= 0.3 is 0 Å². The van der Waals surface area contributed by atoms with Gasteiger partial charge in [0.05, 0.1) is 51.1 Å². The maximum Gasteiger partial charge on any atom is 0.238 e. The highest BCUT2D eigenvalue weighted by atomic mass is 16.3. The summed E-state index contributed by atoms with van der Waals surface area (Å²) >= 11 is 0. The highest BCUT2D eigenvalue weighted by Crippen LogP contribution is 2.41. The molecule has 0 radical (unpaired) electrons. The van der Waals surface area contributed by atoms with Gasteiger partial charge in [0.15, 0.2) is 11.6 Å². The van der Waals surface area contributed by atoms with Crippen LogP contribution in [0.4, 0.5) is 0 Å². The SMILES string of the molecule is [2H]c1c([2H])c([2H])c(-c2cc(-c3nc(-c4c([2H])c([2H])c([2H])c([2H])c4-n4c5c([2H])c([2H])c([2H])c([2H])c5c5c([2H])c([2H])c([2H])c([2H])c54)nc(-n4c5ccccc5c5ccccc54)n3)cc3oc4ccccc4c23)c([2H])c1[2H]. The number of aromatic nitrogens is 5. The Hall–Kier alpha value is -7.83. The second kappa shape index (κ2) is 12.3. The Labute approximate surface area is 350 Å². The van der Waals surface area contributed by atoms with Gasteiger partial charge in [-0.2, -0.15) is 9.97 Å². The van der Waals surface area contributed by atoms with Gasteiger partial charge in [-0.3, -0.25) is 4.57 Å². The lowest BCUT2D eigenvalue weighted by Gasteiger charge is -2.15. The van der Waals surface area contributed by atoms with Crippen molar-refractivity contribution in [3.63, 3.8) is 0 Å². The molecule has 6 heteroatoms. The van der Waals surface area contributed by atoms with Crippen molar-refractivity contribution < 1.29 is 27.7 Å². The van der Waals surface area contributed by atoms with Crippen molar-refractivity contribution in [3.8, 4) is 45.5 Å². The van der Waals surface area contributed by atoms with Crippen LogP contribution in [0.3, 0.4) is 0 Å². The molecule has 0 atom stereocenters. The first-order chi connectivity index (χ1) is 35.3. The van der Waals surface area contributed by atoms with E-state index in [1.807, 2.05) is 36.4 Å². The molecule has 0 saturated carbocycles. The highest BCUT2D eigenvalue weighted by molar-refractivity contribution is 6.14. The summed E-state index contributed by atoms with van der Waals surface area (Å²) in [5.41, 5.74) is 0.111. The summed E-state index contributed by atoms with van der Waals surface area (Å²) in [5, 5.41) is 1.87. The van der Waals surface area contributed by atoms with Gasteiger partial charge in [-0.25, -0.2) is 4.98 Å². The number of para-hydroxylation sites is 6. The number of nitrogens with zero attached hydrogens (tertiary/aromatic N) is 5. The Morgan fingerprint density at radius 2 is 1.02 bits per heavy atom. The molecule has 0 spiro atoms. The average molecular weight is 747 g/mol. The average Bonchev–Trinajstić information content (AvgIpc) is 4.11. The van der Waals surface area contributed by atoms with Crippen molar-refractivity contribution in [2.45, 2.75) is 0 Å². The van der Waals surface area contributed by atoms with Crippen LogP contribution < -0.4 is 0 Å². The van der Waals surface area contributed by atoms with E-state index in [1.165, 1.54) is 6.07 Å². The number of furan rings is 1. The van der Waals surface area contributed by atoms with E-state index in [9.17, 15) is 5.48 Å². The summed E-state index contributed by atoms with van der Waals surface area (Å²) < 4.78 is 162. The van der Waals surface area contributed by atoms with Crippen LogP contribution in [0.2, 0.25) is 0 Å². The van der Waals surface area contributed by atoms with Gasteiger partial charge in [0.2, 0.25) is 5.95 Å². The van der Waals surface area contributed by atoms with Crippen LogP contribution in [0, 0.1) is 0 Å². The monoisotopic (exact) mass is 746 g/mol. The number of hydrogen-bond acceptors (Lipinski definition) is 4.